The molecule has 5 rings (SSSR count). The van der Waals surface area contributed by atoms with E-state index < -0.39 is 0 Å². The van der Waals surface area contributed by atoms with Crippen LogP contribution in [0.1, 0.15) is 18.4 Å². The SMILES string of the molecule is N#CC1CCN(CCN2CC(c3cncc(-c4ccc(Cl)cc4)c3)=C3C=C32)CC1. The number of halogens is 1. The van der Waals surface area contributed by atoms with Crippen LogP contribution in [0.3, 0.4) is 0 Å². The van der Waals surface area contributed by atoms with Crippen LogP contribution in [-0.2, 0) is 0 Å². The number of piperidine rings is 1. The largest absolute Gasteiger partial charge is 0.365 e. The molecule has 146 valence electrons. The highest BCUT2D eigenvalue weighted by atomic mass is 35.5. The zero-order valence-corrected chi connectivity index (χ0v) is 17.1. The summed E-state index contributed by atoms with van der Waals surface area (Å²) in [5.41, 5.74) is 7.62. The van der Waals surface area contributed by atoms with Crippen molar-refractivity contribution in [1.29, 1.82) is 5.26 Å². The van der Waals surface area contributed by atoms with Crippen molar-refractivity contribution in [2.45, 2.75) is 12.8 Å². The third kappa shape index (κ3) is 3.81. The molecule has 2 aliphatic heterocycles. The van der Waals surface area contributed by atoms with Crippen LogP contribution < -0.4 is 0 Å². The van der Waals surface area contributed by atoms with E-state index >= 15 is 0 Å². The number of nitrogens with zero attached hydrogens (tertiary/aromatic N) is 4. The van der Waals surface area contributed by atoms with E-state index in [0.717, 1.165) is 61.7 Å². The highest BCUT2D eigenvalue weighted by molar-refractivity contribution is 6.30. The molecule has 5 heteroatoms. The van der Waals surface area contributed by atoms with Gasteiger partial charge in [-0.1, -0.05) is 23.7 Å². The van der Waals surface area contributed by atoms with Crippen LogP contribution in [0.5, 0.6) is 0 Å². The minimum Gasteiger partial charge on any atom is -0.365 e. The Kier molecular flexibility index (Phi) is 4.87. The lowest BCUT2D eigenvalue weighted by Gasteiger charge is -2.31. The molecule has 0 amide bonds. The fourth-order valence-corrected chi connectivity index (χ4v) is 4.49. The molecule has 2 aromatic rings. The maximum atomic E-state index is 9.06. The maximum absolute atomic E-state index is 9.06. The Hall–Kier alpha value is -2.61. The van der Waals surface area contributed by atoms with Crippen LogP contribution in [0.2, 0.25) is 5.02 Å². The Morgan fingerprint density at radius 3 is 2.55 bits per heavy atom. The van der Waals surface area contributed by atoms with Gasteiger partial charge < -0.3 is 9.80 Å². The van der Waals surface area contributed by atoms with Gasteiger partial charge in [-0.2, -0.15) is 5.26 Å². The molecule has 1 aromatic heterocycles. The Morgan fingerprint density at radius 2 is 1.79 bits per heavy atom. The molecule has 4 nitrogen and oxygen atoms in total. The summed E-state index contributed by atoms with van der Waals surface area (Å²) in [6.45, 7) is 5.16. The number of hydrogen-bond acceptors (Lipinski definition) is 4. The van der Waals surface area contributed by atoms with E-state index in [1.807, 2.05) is 36.7 Å². The number of hydrogen-bond donors (Lipinski definition) is 0. The summed E-state index contributed by atoms with van der Waals surface area (Å²) in [4.78, 5) is 9.48. The van der Waals surface area contributed by atoms with Gasteiger partial charge in [0.05, 0.1) is 6.07 Å². The van der Waals surface area contributed by atoms with E-state index in [1.165, 1.54) is 22.4 Å². The number of aromatic nitrogens is 1. The van der Waals surface area contributed by atoms with Crippen LogP contribution in [0, 0.1) is 17.2 Å². The van der Waals surface area contributed by atoms with Gasteiger partial charge in [0.1, 0.15) is 0 Å². The summed E-state index contributed by atoms with van der Waals surface area (Å²) in [5.74, 6) is 0.254. The molecule has 0 radical (unpaired) electrons. The molecule has 0 saturated carbocycles. The van der Waals surface area contributed by atoms with E-state index in [4.69, 9.17) is 16.9 Å². The fraction of sp³-hybridized carbons (Fsp3) is 0.333. The summed E-state index contributed by atoms with van der Waals surface area (Å²) in [6, 6.07) is 12.6. The van der Waals surface area contributed by atoms with Crippen LogP contribution in [-0.4, -0.2) is 47.5 Å². The maximum Gasteiger partial charge on any atom is 0.0656 e. The molecule has 1 aromatic carbocycles. The molecule has 0 atom stereocenters. The standard InChI is InChI=1S/C24H23ClN4/c25-21-3-1-18(2-4-21)19-11-20(15-27-14-19)23-16-29(24-12-22(23)24)10-9-28-7-5-17(13-26)6-8-28/h1-4,11-12,14-15,17H,5-10,16H2. The predicted octanol–water partition coefficient (Wildman–Crippen LogP) is 4.60. The smallest absolute Gasteiger partial charge is 0.0656 e. The topological polar surface area (TPSA) is 43.2 Å². The van der Waals surface area contributed by atoms with Crippen molar-refractivity contribution in [2.75, 3.05) is 32.7 Å². The van der Waals surface area contributed by atoms with E-state index in [9.17, 15) is 0 Å². The van der Waals surface area contributed by atoms with Crippen molar-refractivity contribution in [3.05, 3.63) is 70.7 Å². The number of rotatable bonds is 5. The lowest BCUT2D eigenvalue weighted by atomic mass is 9.99. The Morgan fingerprint density at radius 1 is 1.03 bits per heavy atom. The van der Waals surface area contributed by atoms with Crippen molar-refractivity contribution < 1.29 is 0 Å². The Labute approximate surface area is 176 Å². The van der Waals surface area contributed by atoms with Gasteiger partial charge in [0.15, 0.2) is 0 Å². The first-order chi connectivity index (χ1) is 14.2. The summed E-state index contributed by atoms with van der Waals surface area (Å²) in [6.07, 6.45) is 8.20. The van der Waals surface area contributed by atoms with Gasteiger partial charge in [0, 0.05) is 59.8 Å². The third-order valence-electron chi connectivity index (χ3n) is 6.21. The van der Waals surface area contributed by atoms with Gasteiger partial charge in [-0.3, -0.25) is 4.98 Å². The van der Waals surface area contributed by atoms with Gasteiger partial charge in [0.2, 0.25) is 0 Å². The molecular formula is C24H23ClN4. The van der Waals surface area contributed by atoms with E-state index in [1.54, 1.807) is 0 Å². The average Bonchev–Trinajstić information content (AvgIpc) is 3.48. The van der Waals surface area contributed by atoms with Crippen molar-refractivity contribution in [3.63, 3.8) is 0 Å². The van der Waals surface area contributed by atoms with Crippen molar-refractivity contribution in [1.82, 2.24) is 14.8 Å². The van der Waals surface area contributed by atoms with E-state index in [-0.39, 0.29) is 5.92 Å². The van der Waals surface area contributed by atoms with Gasteiger partial charge >= 0.3 is 0 Å². The minimum absolute atomic E-state index is 0.254. The molecule has 1 fully saturated rings. The monoisotopic (exact) mass is 402 g/mol. The van der Waals surface area contributed by atoms with Gasteiger partial charge in [-0.05, 0) is 66.9 Å². The Balaban J connectivity index is 1.23. The lowest BCUT2D eigenvalue weighted by molar-refractivity contribution is 0.189. The van der Waals surface area contributed by atoms with E-state index in [0.29, 0.717) is 0 Å². The highest BCUT2D eigenvalue weighted by Gasteiger charge is 2.35. The summed E-state index contributed by atoms with van der Waals surface area (Å²) in [7, 11) is 0. The molecule has 29 heavy (non-hydrogen) atoms. The molecule has 0 bridgehead atoms. The lowest BCUT2D eigenvalue weighted by Crippen LogP contribution is -2.38. The minimum atomic E-state index is 0.254. The van der Waals surface area contributed by atoms with Gasteiger partial charge in [-0.15, -0.1) is 0 Å². The predicted molar refractivity (Wildman–Crippen MR) is 116 cm³/mol. The second-order valence-corrected chi connectivity index (χ2v) is 8.49. The number of benzene rings is 1. The van der Waals surface area contributed by atoms with Crippen LogP contribution in [0.15, 0.2) is 60.1 Å². The molecule has 1 aliphatic carbocycles. The number of allylic oxidation sites excluding steroid dienone is 2. The van der Waals surface area contributed by atoms with Gasteiger partial charge in [-0.25, -0.2) is 0 Å². The average molecular weight is 403 g/mol. The molecule has 3 aliphatic rings. The molecule has 0 unspecified atom stereocenters. The quantitative estimate of drug-likeness (QED) is 0.732. The second kappa shape index (κ2) is 7.67. The Bertz CT molecular complexity index is 1020. The second-order valence-electron chi connectivity index (χ2n) is 8.06. The zero-order valence-electron chi connectivity index (χ0n) is 16.3. The molecule has 3 heterocycles. The summed E-state index contributed by atoms with van der Waals surface area (Å²) in [5, 5.41) is 9.81. The van der Waals surface area contributed by atoms with Crippen LogP contribution in [0.25, 0.3) is 16.7 Å². The van der Waals surface area contributed by atoms with Crippen LogP contribution in [0.4, 0.5) is 0 Å². The van der Waals surface area contributed by atoms with Crippen molar-refractivity contribution in [3.8, 4) is 17.2 Å². The van der Waals surface area contributed by atoms with E-state index in [2.05, 4.69) is 33.0 Å². The molecule has 0 spiro atoms. The number of likely N-dealkylation sites (tertiary alicyclic amines) is 1. The molecule has 1 saturated heterocycles. The highest BCUT2D eigenvalue weighted by Crippen LogP contribution is 2.45. The first-order valence-electron chi connectivity index (χ1n) is 10.2. The summed E-state index contributed by atoms with van der Waals surface area (Å²) < 4.78 is 0. The van der Waals surface area contributed by atoms with Crippen LogP contribution >= 0.6 is 11.6 Å². The first kappa shape index (κ1) is 18.4. The van der Waals surface area contributed by atoms with Crippen molar-refractivity contribution >= 4 is 17.2 Å². The zero-order chi connectivity index (χ0) is 19.8. The summed E-state index contributed by atoms with van der Waals surface area (Å²) >= 11 is 6.02. The number of nitriles is 1. The molecule has 0 N–H and O–H groups in total. The van der Waals surface area contributed by atoms with Gasteiger partial charge in [0.25, 0.3) is 0 Å². The van der Waals surface area contributed by atoms with Crippen molar-refractivity contribution in [2.24, 2.45) is 5.92 Å². The fourth-order valence-electron chi connectivity index (χ4n) is 4.36. The molecular weight excluding hydrogens is 380 g/mol. The first-order valence-corrected chi connectivity index (χ1v) is 10.6. The third-order valence-corrected chi connectivity index (χ3v) is 6.46. The normalized spacial score (nSPS) is 19.2. The number of pyridine rings is 1. The number of fused-ring (bicyclic) bond motifs is 1.